The molecule has 0 saturated heterocycles. The molecule has 17 heavy (non-hydrogen) atoms. The summed E-state index contributed by atoms with van der Waals surface area (Å²) in [5, 5.41) is 10.5. The molecule has 0 aliphatic heterocycles. The molecule has 0 spiro atoms. The van der Waals surface area contributed by atoms with E-state index < -0.39 is 34.0 Å². The van der Waals surface area contributed by atoms with Gasteiger partial charge in [-0.3, -0.25) is 10.1 Å². The second-order valence-corrected chi connectivity index (χ2v) is 4.34. The second kappa shape index (κ2) is 4.48. The number of hydrogen-bond acceptors (Lipinski definition) is 4. The molecular weight excluding hydrogens is 229 g/mol. The van der Waals surface area contributed by atoms with E-state index in [0.717, 1.165) is 6.07 Å². The molecule has 0 saturated carbocycles. The Labute approximate surface area is 98.8 Å². The van der Waals surface area contributed by atoms with Gasteiger partial charge in [-0.1, -0.05) is 0 Å². The van der Waals surface area contributed by atoms with Crippen LogP contribution in [0.1, 0.15) is 32.5 Å². The van der Waals surface area contributed by atoms with Crippen molar-refractivity contribution in [1.29, 1.82) is 0 Å². The van der Waals surface area contributed by atoms with Crippen LogP contribution in [0, 0.1) is 15.9 Å². The van der Waals surface area contributed by atoms with Gasteiger partial charge < -0.3 is 4.74 Å². The van der Waals surface area contributed by atoms with Crippen LogP contribution in [0.5, 0.6) is 0 Å². The Morgan fingerprint density at radius 2 is 2.18 bits per heavy atom. The third-order valence-electron chi connectivity index (χ3n) is 1.69. The Morgan fingerprint density at radius 1 is 1.59 bits per heavy atom. The average molecular weight is 242 g/mol. The first-order chi connectivity index (χ1) is 8.11. The number of hydrogen-bond donors (Lipinski definition) is 0. The lowest BCUT2D eigenvalue weighted by Crippen LogP contribution is -2.23. The predicted octanol–water partition coefficient (Wildman–Crippen LogP) is 2.69. The van der Waals surface area contributed by atoms with Gasteiger partial charge in [0.25, 0.3) is 0 Å². The molecule has 1 aromatic carbocycles. The highest BCUT2D eigenvalue weighted by Crippen LogP contribution is 2.19. The summed E-state index contributed by atoms with van der Waals surface area (Å²) in [6.07, 6.45) is 0. The minimum absolute atomic E-state index is 0.224. The molecule has 5 nitrogen and oxygen atoms in total. The van der Waals surface area contributed by atoms with Crippen molar-refractivity contribution in [2.75, 3.05) is 0 Å². The zero-order chi connectivity index (χ0) is 14.1. The van der Waals surface area contributed by atoms with Gasteiger partial charge in [-0.2, -0.15) is 4.39 Å². The summed E-state index contributed by atoms with van der Waals surface area (Å²) in [6.45, 7) is 4.90. The Balaban J connectivity index is 3.15. The monoisotopic (exact) mass is 242 g/mol. The summed E-state index contributed by atoms with van der Waals surface area (Å²) in [5.41, 5.74) is -1.95. The van der Waals surface area contributed by atoms with Gasteiger partial charge in [-0.05, 0) is 32.9 Å². The molecule has 6 heteroatoms. The molecule has 0 bridgehead atoms. The zero-order valence-corrected chi connectivity index (χ0v) is 9.61. The SMILES string of the molecule is [2H]c1cc(C(=O)OC(C)(C)C)cc(F)c1[N+](=O)[O-]. The summed E-state index contributed by atoms with van der Waals surface area (Å²) < 4.78 is 25.7. The first kappa shape index (κ1) is 11.5. The highest BCUT2D eigenvalue weighted by Gasteiger charge is 2.21. The van der Waals surface area contributed by atoms with Gasteiger partial charge >= 0.3 is 11.7 Å². The number of nitrogens with zero attached hydrogens (tertiary/aromatic N) is 1. The van der Waals surface area contributed by atoms with E-state index >= 15 is 0 Å². The van der Waals surface area contributed by atoms with Crippen LogP contribution in [-0.4, -0.2) is 16.5 Å². The van der Waals surface area contributed by atoms with E-state index in [1.54, 1.807) is 20.8 Å². The Bertz CT molecular complexity index is 487. The van der Waals surface area contributed by atoms with Crippen LogP contribution in [-0.2, 0) is 4.74 Å². The van der Waals surface area contributed by atoms with Gasteiger partial charge in [-0.25, -0.2) is 4.79 Å². The third-order valence-corrected chi connectivity index (χ3v) is 1.69. The van der Waals surface area contributed by atoms with Crippen molar-refractivity contribution in [2.24, 2.45) is 0 Å². The van der Waals surface area contributed by atoms with Crippen molar-refractivity contribution in [3.05, 3.63) is 39.7 Å². The first-order valence-corrected chi connectivity index (χ1v) is 4.79. The number of nitro groups is 1. The number of rotatable bonds is 2. The van der Waals surface area contributed by atoms with E-state index in [1.807, 2.05) is 0 Å². The van der Waals surface area contributed by atoms with Crippen molar-refractivity contribution in [1.82, 2.24) is 0 Å². The molecule has 0 radical (unpaired) electrons. The summed E-state index contributed by atoms with van der Waals surface area (Å²) in [7, 11) is 0. The van der Waals surface area contributed by atoms with E-state index in [9.17, 15) is 19.3 Å². The first-order valence-electron chi connectivity index (χ1n) is 5.29. The molecule has 1 aromatic rings. The molecule has 0 aromatic heterocycles. The summed E-state index contributed by atoms with van der Waals surface area (Å²) in [6, 6.07) is 0.945. The maximum atomic E-state index is 13.4. The fourth-order valence-corrected chi connectivity index (χ4v) is 1.06. The number of esters is 1. The lowest BCUT2D eigenvalue weighted by Gasteiger charge is -2.19. The van der Waals surface area contributed by atoms with Crippen LogP contribution >= 0.6 is 0 Å². The van der Waals surface area contributed by atoms with Gasteiger partial charge in [0, 0.05) is 6.04 Å². The number of carbonyl (C=O) groups excluding carboxylic acids is 1. The van der Waals surface area contributed by atoms with Gasteiger partial charge in [0.2, 0.25) is 5.82 Å². The van der Waals surface area contributed by atoms with Gasteiger partial charge in [0.1, 0.15) is 5.60 Å². The number of halogens is 1. The minimum Gasteiger partial charge on any atom is -0.456 e. The van der Waals surface area contributed by atoms with Gasteiger partial charge in [0.15, 0.2) is 0 Å². The molecular formula is C11H12FNO4. The van der Waals surface area contributed by atoms with Crippen LogP contribution in [0.4, 0.5) is 10.1 Å². The number of benzene rings is 1. The van der Waals surface area contributed by atoms with Crippen LogP contribution in [0.25, 0.3) is 0 Å². The summed E-state index contributed by atoms with van der Waals surface area (Å²) in [4.78, 5) is 21.1. The molecule has 0 amide bonds. The maximum absolute atomic E-state index is 13.4. The molecule has 92 valence electrons. The van der Waals surface area contributed by atoms with Crippen molar-refractivity contribution >= 4 is 11.7 Å². The predicted molar refractivity (Wildman–Crippen MR) is 58.2 cm³/mol. The van der Waals surface area contributed by atoms with Gasteiger partial charge in [0.05, 0.1) is 11.9 Å². The number of carbonyl (C=O) groups is 1. The van der Waals surface area contributed by atoms with Crippen LogP contribution in [0.3, 0.4) is 0 Å². The van der Waals surface area contributed by atoms with E-state index in [4.69, 9.17) is 6.11 Å². The van der Waals surface area contributed by atoms with E-state index in [2.05, 4.69) is 0 Å². The van der Waals surface area contributed by atoms with Crippen molar-refractivity contribution in [3.63, 3.8) is 0 Å². The molecule has 0 unspecified atom stereocenters. The highest BCUT2D eigenvalue weighted by molar-refractivity contribution is 5.90. The summed E-state index contributed by atoms with van der Waals surface area (Å²) in [5.74, 6) is -2.06. The lowest BCUT2D eigenvalue weighted by molar-refractivity contribution is -0.387. The standard InChI is InChI=1S/C11H12FNO4/c1-11(2,3)17-10(14)7-4-5-9(13(15)16)8(12)6-7/h4-6H,1-3H3/i5D. The summed E-state index contributed by atoms with van der Waals surface area (Å²) >= 11 is 0. The average Bonchev–Trinajstić information content (AvgIpc) is 2.12. The van der Waals surface area contributed by atoms with Crippen molar-refractivity contribution in [2.45, 2.75) is 26.4 Å². The quantitative estimate of drug-likeness (QED) is 0.454. The van der Waals surface area contributed by atoms with Crippen molar-refractivity contribution < 1.29 is 20.2 Å². The Morgan fingerprint density at radius 3 is 2.59 bits per heavy atom. The molecule has 0 N–H and O–H groups in total. The van der Waals surface area contributed by atoms with Crippen LogP contribution in [0.15, 0.2) is 18.2 Å². The highest BCUT2D eigenvalue weighted by atomic mass is 19.1. The largest absolute Gasteiger partial charge is 0.456 e. The number of nitro benzene ring substituents is 1. The number of ether oxygens (including phenoxy) is 1. The van der Waals surface area contributed by atoms with E-state index in [1.165, 1.54) is 0 Å². The molecule has 0 fully saturated rings. The van der Waals surface area contributed by atoms with Crippen LogP contribution in [0.2, 0.25) is 0 Å². The second-order valence-electron chi connectivity index (χ2n) is 4.34. The minimum atomic E-state index is -1.23. The van der Waals surface area contributed by atoms with Gasteiger partial charge in [-0.15, -0.1) is 0 Å². The molecule has 0 aliphatic rings. The molecule has 0 aliphatic carbocycles. The fourth-order valence-electron chi connectivity index (χ4n) is 1.06. The van der Waals surface area contributed by atoms with Crippen molar-refractivity contribution in [3.8, 4) is 0 Å². The molecule has 1 rings (SSSR count). The molecule has 0 atom stereocenters. The Kier molecular flexibility index (Phi) is 3.03. The smallest absolute Gasteiger partial charge is 0.338 e. The van der Waals surface area contributed by atoms with E-state index in [0.29, 0.717) is 6.07 Å². The van der Waals surface area contributed by atoms with E-state index in [-0.39, 0.29) is 5.56 Å². The van der Waals surface area contributed by atoms with Crippen LogP contribution < -0.4 is 0 Å². The zero-order valence-electron chi connectivity index (χ0n) is 10.6. The fraction of sp³-hybridized carbons (Fsp3) is 0.364. The molecule has 0 heterocycles. The topological polar surface area (TPSA) is 69.4 Å². The normalized spacial score (nSPS) is 11.9. The Hall–Kier alpha value is -1.98. The third kappa shape index (κ3) is 3.51. The lowest BCUT2D eigenvalue weighted by atomic mass is 10.1. The maximum Gasteiger partial charge on any atom is 0.338 e.